The molecule has 0 aliphatic heterocycles. The monoisotopic (exact) mass is 437 g/mol. The van der Waals surface area contributed by atoms with Gasteiger partial charge in [-0.15, -0.1) is 0 Å². The van der Waals surface area contributed by atoms with Gasteiger partial charge in [0.25, 0.3) is 0 Å². The highest BCUT2D eigenvalue weighted by atomic mass is 79.9. The molecule has 0 N–H and O–H groups in total. The van der Waals surface area contributed by atoms with E-state index in [1.54, 1.807) is 43.5 Å². The number of ether oxygens (including phenoxy) is 1. The van der Waals surface area contributed by atoms with Gasteiger partial charge in [-0.3, -0.25) is 0 Å². The van der Waals surface area contributed by atoms with E-state index in [4.69, 9.17) is 9.26 Å². The van der Waals surface area contributed by atoms with E-state index in [1.807, 2.05) is 0 Å². The van der Waals surface area contributed by atoms with Crippen LogP contribution in [0, 0.1) is 0 Å². The summed E-state index contributed by atoms with van der Waals surface area (Å²) in [5, 5.41) is 3.91. The Morgan fingerprint density at radius 3 is 2.38 bits per heavy atom. The van der Waals surface area contributed by atoms with Crippen LogP contribution in [0.25, 0.3) is 11.4 Å². The van der Waals surface area contributed by atoms with E-state index in [0.717, 1.165) is 15.8 Å². The van der Waals surface area contributed by atoms with E-state index in [0.29, 0.717) is 5.82 Å². The third kappa shape index (κ3) is 3.95. The van der Waals surface area contributed by atoms with Crippen LogP contribution < -0.4 is 4.74 Å². The van der Waals surface area contributed by atoms with Gasteiger partial charge in [0.1, 0.15) is 5.75 Å². The summed E-state index contributed by atoms with van der Waals surface area (Å²) in [5.74, 6) is 1.31. The van der Waals surface area contributed by atoms with Gasteiger partial charge in [-0.1, -0.05) is 21.1 Å². The molecule has 0 atom stereocenters. The van der Waals surface area contributed by atoms with Crippen LogP contribution in [0.15, 0.2) is 62.4 Å². The van der Waals surface area contributed by atoms with Crippen molar-refractivity contribution in [3.8, 4) is 17.1 Å². The Morgan fingerprint density at radius 2 is 1.77 bits per heavy atom. The molecular weight excluding hydrogens is 422 g/mol. The second-order valence-electron chi connectivity index (χ2n) is 5.46. The maximum atomic E-state index is 12.6. The third-order valence-electron chi connectivity index (χ3n) is 3.70. The van der Waals surface area contributed by atoms with E-state index in [2.05, 4.69) is 26.1 Å². The first-order chi connectivity index (χ1) is 12.4. The fourth-order valence-corrected chi connectivity index (χ4v) is 3.62. The SMILES string of the molecule is COc1ccc(-c2noc(CN(C)S(=O)(=O)c3ccc(Br)cc3)n2)cc1. The van der Waals surface area contributed by atoms with E-state index in [9.17, 15) is 8.42 Å². The molecule has 3 aromatic rings. The highest BCUT2D eigenvalue weighted by Gasteiger charge is 2.23. The van der Waals surface area contributed by atoms with Gasteiger partial charge >= 0.3 is 0 Å². The van der Waals surface area contributed by atoms with E-state index >= 15 is 0 Å². The van der Waals surface area contributed by atoms with Crippen LogP contribution in [-0.4, -0.2) is 37.0 Å². The lowest BCUT2D eigenvalue weighted by atomic mass is 10.2. The van der Waals surface area contributed by atoms with Gasteiger partial charge in [-0.2, -0.15) is 9.29 Å². The third-order valence-corrected chi connectivity index (χ3v) is 6.04. The number of nitrogens with zero attached hydrogens (tertiary/aromatic N) is 3. The summed E-state index contributed by atoms with van der Waals surface area (Å²) in [5.41, 5.74) is 0.749. The first-order valence-corrected chi connectivity index (χ1v) is 9.82. The van der Waals surface area contributed by atoms with E-state index in [1.165, 1.54) is 23.5 Å². The number of benzene rings is 2. The van der Waals surface area contributed by atoms with E-state index < -0.39 is 10.0 Å². The maximum absolute atomic E-state index is 12.6. The molecule has 0 aliphatic carbocycles. The van der Waals surface area contributed by atoms with Crippen LogP contribution >= 0.6 is 15.9 Å². The fourth-order valence-electron chi connectivity index (χ4n) is 2.24. The van der Waals surface area contributed by atoms with Crippen molar-refractivity contribution < 1.29 is 17.7 Å². The summed E-state index contributed by atoms with van der Waals surface area (Å²) < 4.78 is 37.5. The van der Waals surface area contributed by atoms with Crippen molar-refractivity contribution in [3.63, 3.8) is 0 Å². The van der Waals surface area contributed by atoms with Gasteiger partial charge in [0.05, 0.1) is 18.6 Å². The molecule has 136 valence electrons. The second-order valence-corrected chi connectivity index (χ2v) is 8.42. The zero-order chi connectivity index (χ0) is 18.7. The summed E-state index contributed by atoms with van der Waals surface area (Å²) in [4.78, 5) is 4.46. The van der Waals surface area contributed by atoms with Gasteiger partial charge in [0, 0.05) is 17.1 Å². The van der Waals surface area contributed by atoms with Gasteiger partial charge in [-0.25, -0.2) is 8.42 Å². The first-order valence-electron chi connectivity index (χ1n) is 7.59. The molecule has 0 bridgehead atoms. The molecule has 26 heavy (non-hydrogen) atoms. The molecule has 0 unspecified atom stereocenters. The van der Waals surface area contributed by atoms with Crippen LogP contribution in [0.5, 0.6) is 5.75 Å². The summed E-state index contributed by atoms with van der Waals surface area (Å²) in [6.45, 7) is -0.0262. The number of sulfonamides is 1. The molecule has 7 nitrogen and oxygen atoms in total. The average molecular weight is 438 g/mol. The zero-order valence-electron chi connectivity index (χ0n) is 14.1. The zero-order valence-corrected chi connectivity index (χ0v) is 16.5. The van der Waals surface area contributed by atoms with Crippen LogP contribution in [-0.2, 0) is 16.6 Å². The van der Waals surface area contributed by atoms with Gasteiger partial charge in [-0.05, 0) is 48.5 Å². The second kappa shape index (κ2) is 7.56. The molecule has 0 radical (unpaired) electrons. The number of halogens is 1. The minimum Gasteiger partial charge on any atom is -0.497 e. The topological polar surface area (TPSA) is 85.5 Å². The Labute approximate surface area is 159 Å². The minimum absolute atomic E-state index is 0.0262. The molecule has 9 heteroatoms. The molecule has 1 aromatic heterocycles. The molecule has 1 heterocycles. The molecule has 3 rings (SSSR count). The normalized spacial score (nSPS) is 11.7. The number of methoxy groups -OCH3 is 1. The number of hydrogen-bond donors (Lipinski definition) is 0. The van der Waals surface area contributed by atoms with Gasteiger partial charge < -0.3 is 9.26 Å². The highest BCUT2D eigenvalue weighted by Crippen LogP contribution is 2.22. The van der Waals surface area contributed by atoms with E-state index in [-0.39, 0.29) is 17.3 Å². The molecule has 0 saturated heterocycles. The van der Waals surface area contributed by atoms with Gasteiger partial charge in [0.2, 0.25) is 21.7 Å². The predicted molar refractivity (Wildman–Crippen MR) is 99.1 cm³/mol. The number of rotatable bonds is 6. The number of aromatic nitrogens is 2. The molecule has 2 aromatic carbocycles. The minimum atomic E-state index is -3.65. The first kappa shape index (κ1) is 18.6. The van der Waals surface area contributed by atoms with Crippen molar-refractivity contribution in [2.45, 2.75) is 11.4 Å². The van der Waals surface area contributed by atoms with Crippen molar-refractivity contribution in [2.75, 3.05) is 14.2 Å². The quantitative estimate of drug-likeness (QED) is 0.587. The summed E-state index contributed by atoms with van der Waals surface area (Å²) in [6, 6.07) is 13.6. The smallest absolute Gasteiger partial charge is 0.243 e. The summed E-state index contributed by atoms with van der Waals surface area (Å²) in [7, 11) is -0.597. The Hall–Kier alpha value is -2.23. The van der Waals surface area contributed by atoms with Crippen molar-refractivity contribution in [1.82, 2.24) is 14.4 Å². The standard InChI is InChI=1S/C17H16BrN3O4S/c1-21(26(22,23)15-9-5-13(18)6-10-15)11-16-19-17(20-25-16)12-3-7-14(24-2)8-4-12/h3-10H,11H2,1-2H3. The van der Waals surface area contributed by atoms with Crippen LogP contribution in [0.4, 0.5) is 0 Å². The van der Waals surface area contributed by atoms with Crippen molar-refractivity contribution in [2.24, 2.45) is 0 Å². The Kier molecular flexibility index (Phi) is 5.40. The largest absolute Gasteiger partial charge is 0.497 e. The maximum Gasteiger partial charge on any atom is 0.243 e. The molecule has 0 saturated carbocycles. The van der Waals surface area contributed by atoms with Crippen molar-refractivity contribution in [1.29, 1.82) is 0 Å². The summed E-state index contributed by atoms with van der Waals surface area (Å²) in [6.07, 6.45) is 0. The average Bonchev–Trinajstić information content (AvgIpc) is 3.10. The fraction of sp³-hybridized carbons (Fsp3) is 0.176. The molecule has 0 fully saturated rings. The molecule has 0 aliphatic rings. The lowest BCUT2D eigenvalue weighted by molar-refractivity contribution is 0.337. The Bertz CT molecular complexity index is 986. The van der Waals surface area contributed by atoms with Crippen LogP contribution in [0.2, 0.25) is 0 Å². The molecule has 0 spiro atoms. The predicted octanol–water partition coefficient (Wildman–Crippen LogP) is 3.33. The number of hydrogen-bond acceptors (Lipinski definition) is 6. The molecular formula is C17H16BrN3O4S. The summed E-state index contributed by atoms with van der Waals surface area (Å²) >= 11 is 3.29. The van der Waals surface area contributed by atoms with Gasteiger partial charge in [0.15, 0.2) is 0 Å². The van der Waals surface area contributed by atoms with Crippen LogP contribution in [0.3, 0.4) is 0 Å². The van der Waals surface area contributed by atoms with Crippen molar-refractivity contribution in [3.05, 3.63) is 58.9 Å². The molecule has 0 amide bonds. The highest BCUT2D eigenvalue weighted by molar-refractivity contribution is 9.10. The van der Waals surface area contributed by atoms with Crippen LogP contribution in [0.1, 0.15) is 5.89 Å². The Balaban J connectivity index is 1.76. The Morgan fingerprint density at radius 1 is 1.12 bits per heavy atom. The van der Waals surface area contributed by atoms with Crippen molar-refractivity contribution >= 4 is 26.0 Å². The lowest BCUT2D eigenvalue weighted by Crippen LogP contribution is -2.26. The lowest BCUT2D eigenvalue weighted by Gasteiger charge is -2.15.